The van der Waals surface area contributed by atoms with Crippen molar-refractivity contribution in [2.24, 2.45) is 5.92 Å². The van der Waals surface area contributed by atoms with E-state index in [1.165, 1.54) is 4.90 Å². The highest BCUT2D eigenvalue weighted by Crippen LogP contribution is 2.24. The van der Waals surface area contributed by atoms with Crippen molar-refractivity contribution in [1.82, 2.24) is 4.98 Å². The Morgan fingerprint density at radius 2 is 2.38 bits per heavy atom. The minimum Gasteiger partial charge on any atom is -0.295 e. The van der Waals surface area contributed by atoms with Crippen LogP contribution in [0.5, 0.6) is 0 Å². The van der Waals surface area contributed by atoms with E-state index in [1.54, 1.807) is 12.1 Å². The van der Waals surface area contributed by atoms with E-state index >= 15 is 0 Å². The molecule has 82 valence electrons. The fraction of sp³-hybridized carbons (Fsp3) is 0.273. The maximum atomic E-state index is 13.2. The van der Waals surface area contributed by atoms with E-state index in [9.17, 15) is 9.18 Å². The van der Waals surface area contributed by atoms with Gasteiger partial charge in [0.05, 0.1) is 3.57 Å². The van der Waals surface area contributed by atoms with Gasteiger partial charge in [-0.1, -0.05) is 0 Å². The number of rotatable bonds is 1. The molecule has 0 saturated carbocycles. The summed E-state index contributed by atoms with van der Waals surface area (Å²) >= 11 is 1.85. The van der Waals surface area contributed by atoms with Gasteiger partial charge >= 0.3 is 0 Å². The zero-order valence-electron chi connectivity index (χ0n) is 8.28. The summed E-state index contributed by atoms with van der Waals surface area (Å²) in [6.45, 7) is 0.419. The minimum atomic E-state index is -0.560. The molecule has 1 aliphatic rings. The first kappa shape index (κ1) is 11.3. The molecular formula is C11H8FIN2O. The van der Waals surface area contributed by atoms with Crippen LogP contribution in [0.15, 0.2) is 12.1 Å². The van der Waals surface area contributed by atoms with Crippen LogP contribution < -0.4 is 4.90 Å². The van der Waals surface area contributed by atoms with Crippen LogP contribution in [-0.2, 0) is 4.79 Å². The quantitative estimate of drug-likeness (QED) is 0.447. The summed E-state index contributed by atoms with van der Waals surface area (Å²) in [5.74, 6) is 2.11. The predicted molar refractivity (Wildman–Crippen MR) is 66.2 cm³/mol. The smallest absolute Gasteiger partial charge is 0.229 e. The van der Waals surface area contributed by atoms with Crippen molar-refractivity contribution in [2.75, 3.05) is 11.4 Å². The van der Waals surface area contributed by atoms with Crippen LogP contribution in [0.2, 0.25) is 0 Å². The molecule has 0 aromatic carbocycles. The lowest BCUT2D eigenvalue weighted by molar-refractivity contribution is -0.117. The van der Waals surface area contributed by atoms with Gasteiger partial charge in [-0.05, 0) is 34.7 Å². The molecule has 2 rings (SSSR count). The van der Waals surface area contributed by atoms with Gasteiger partial charge in [0.2, 0.25) is 11.9 Å². The van der Waals surface area contributed by atoms with E-state index in [1.807, 2.05) is 22.6 Å². The average molecular weight is 330 g/mol. The summed E-state index contributed by atoms with van der Waals surface area (Å²) in [5.41, 5.74) is 0. The van der Waals surface area contributed by atoms with Crippen LogP contribution in [0.25, 0.3) is 0 Å². The zero-order valence-corrected chi connectivity index (χ0v) is 10.4. The van der Waals surface area contributed by atoms with Crippen molar-refractivity contribution < 1.29 is 9.18 Å². The first-order valence-corrected chi connectivity index (χ1v) is 5.78. The van der Waals surface area contributed by atoms with Crippen molar-refractivity contribution in [3.05, 3.63) is 21.7 Å². The zero-order chi connectivity index (χ0) is 11.7. The van der Waals surface area contributed by atoms with Crippen LogP contribution in [0.4, 0.5) is 10.2 Å². The molecule has 1 amide bonds. The Hall–Kier alpha value is -1.16. The summed E-state index contributed by atoms with van der Waals surface area (Å²) in [4.78, 5) is 16.8. The molecule has 1 fully saturated rings. The van der Waals surface area contributed by atoms with Gasteiger partial charge in [0.1, 0.15) is 5.82 Å². The van der Waals surface area contributed by atoms with Crippen LogP contribution >= 0.6 is 22.6 Å². The van der Waals surface area contributed by atoms with Crippen LogP contribution in [0.1, 0.15) is 6.42 Å². The average Bonchev–Trinajstić information content (AvgIpc) is 2.64. The van der Waals surface area contributed by atoms with Crippen molar-refractivity contribution >= 4 is 34.3 Å². The molecule has 16 heavy (non-hydrogen) atoms. The highest BCUT2D eigenvalue weighted by Gasteiger charge is 2.30. The topological polar surface area (TPSA) is 33.2 Å². The first-order chi connectivity index (χ1) is 7.61. The van der Waals surface area contributed by atoms with Crippen molar-refractivity contribution in [2.45, 2.75) is 6.42 Å². The Balaban J connectivity index is 2.29. The lowest BCUT2D eigenvalue weighted by Gasteiger charge is -2.14. The van der Waals surface area contributed by atoms with Gasteiger partial charge in [0, 0.05) is 18.9 Å². The van der Waals surface area contributed by atoms with Crippen molar-refractivity contribution in [3.63, 3.8) is 0 Å². The molecule has 0 bridgehead atoms. The number of terminal acetylenes is 1. The third-order valence-electron chi connectivity index (χ3n) is 2.43. The van der Waals surface area contributed by atoms with E-state index in [0.29, 0.717) is 22.4 Å². The van der Waals surface area contributed by atoms with Gasteiger partial charge < -0.3 is 0 Å². The predicted octanol–water partition coefficient (Wildman–Crippen LogP) is 1.81. The van der Waals surface area contributed by atoms with Gasteiger partial charge in [-0.15, -0.1) is 12.3 Å². The van der Waals surface area contributed by atoms with E-state index in [2.05, 4.69) is 10.9 Å². The van der Waals surface area contributed by atoms with E-state index in [-0.39, 0.29) is 11.8 Å². The SMILES string of the molecule is C#CC1CC(=O)N(c2ccc(I)c(F)n2)C1. The van der Waals surface area contributed by atoms with Crippen molar-refractivity contribution in [3.8, 4) is 12.3 Å². The lowest BCUT2D eigenvalue weighted by Crippen LogP contribution is -2.25. The maximum absolute atomic E-state index is 13.2. The standard InChI is InChI=1S/C11H8FIN2O/c1-2-7-5-10(16)15(6-7)9-4-3-8(13)11(12)14-9/h1,3-4,7H,5-6H2. The first-order valence-electron chi connectivity index (χ1n) is 4.70. The van der Waals surface area contributed by atoms with Crippen LogP contribution in [0, 0.1) is 27.8 Å². The summed E-state index contributed by atoms with van der Waals surface area (Å²) in [6.07, 6.45) is 5.58. The molecule has 2 heterocycles. The van der Waals surface area contributed by atoms with E-state index < -0.39 is 5.95 Å². The second-order valence-electron chi connectivity index (χ2n) is 3.51. The normalized spacial score (nSPS) is 19.9. The molecular weight excluding hydrogens is 322 g/mol. The Bertz CT molecular complexity index is 483. The highest BCUT2D eigenvalue weighted by atomic mass is 127. The Labute approximate surface area is 106 Å². The Kier molecular flexibility index (Phi) is 3.10. The molecule has 3 nitrogen and oxygen atoms in total. The number of nitrogens with zero attached hydrogens (tertiary/aromatic N) is 2. The molecule has 1 aromatic rings. The Morgan fingerprint density at radius 1 is 1.62 bits per heavy atom. The number of halogens is 2. The Morgan fingerprint density at radius 3 is 2.94 bits per heavy atom. The number of aromatic nitrogens is 1. The molecule has 5 heteroatoms. The number of amides is 1. The monoisotopic (exact) mass is 330 g/mol. The number of anilines is 1. The summed E-state index contributed by atoms with van der Waals surface area (Å²) < 4.78 is 13.7. The number of hydrogen-bond acceptors (Lipinski definition) is 2. The fourth-order valence-corrected chi connectivity index (χ4v) is 1.90. The van der Waals surface area contributed by atoms with E-state index in [0.717, 1.165) is 0 Å². The summed E-state index contributed by atoms with van der Waals surface area (Å²) in [7, 11) is 0. The molecule has 0 spiro atoms. The molecule has 1 aromatic heterocycles. The summed E-state index contributed by atoms with van der Waals surface area (Å²) in [6, 6.07) is 3.22. The lowest BCUT2D eigenvalue weighted by atomic mass is 10.1. The van der Waals surface area contributed by atoms with E-state index in [4.69, 9.17) is 6.42 Å². The maximum Gasteiger partial charge on any atom is 0.229 e. The molecule has 1 atom stereocenters. The van der Waals surface area contributed by atoms with Gasteiger partial charge in [0.25, 0.3) is 0 Å². The molecule has 0 radical (unpaired) electrons. The second-order valence-corrected chi connectivity index (χ2v) is 4.68. The molecule has 1 unspecified atom stereocenters. The number of carbonyl (C=O) groups excluding carboxylic acids is 1. The van der Waals surface area contributed by atoms with Crippen LogP contribution in [0.3, 0.4) is 0 Å². The van der Waals surface area contributed by atoms with Gasteiger partial charge in [-0.25, -0.2) is 4.98 Å². The minimum absolute atomic E-state index is 0.100. The third kappa shape index (κ3) is 2.02. The molecule has 1 aliphatic heterocycles. The van der Waals surface area contributed by atoms with Gasteiger partial charge in [-0.2, -0.15) is 4.39 Å². The molecule has 0 aliphatic carbocycles. The number of pyridine rings is 1. The molecule has 1 saturated heterocycles. The highest BCUT2D eigenvalue weighted by molar-refractivity contribution is 14.1. The van der Waals surface area contributed by atoms with Crippen molar-refractivity contribution in [1.29, 1.82) is 0 Å². The summed E-state index contributed by atoms with van der Waals surface area (Å²) in [5, 5.41) is 0. The molecule has 0 N–H and O–H groups in total. The van der Waals surface area contributed by atoms with Gasteiger partial charge in [-0.3, -0.25) is 9.69 Å². The second kappa shape index (κ2) is 4.37. The third-order valence-corrected chi connectivity index (χ3v) is 3.23. The van der Waals surface area contributed by atoms with Crippen LogP contribution in [-0.4, -0.2) is 17.4 Å². The fourth-order valence-electron chi connectivity index (χ4n) is 1.60. The number of carbonyl (C=O) groups is 1. The largest absolute Gasteiger partial charge is 0.295 e. The van der Waals surface area contributed by atoms with Gasteiger partial charge in [0.15, 0.2) is 0 Å². The number of hydrogen-bond donors (Lipinski definition) is 0.